The monoisotopic (exact) mass is 233 g/mol. The third-order valence-corrected chi connectivity index (χ3v) is 2.68. The number of benzene rings is 1. The van der Waals surface area contributed by atoms with Gasteiger partial charge in [-0.3, -0.25) is 0 Å². The summed E-state index contributed by atoms with van der Waals surface area (Å²) in [5.41, 5.74) is 1.20. The smallest absolute Gasteiger partial charge is 0.101 e. The standard InChI is InChI=1S/C15H23NO/c1-4-12-16-14(5-2)15(17-6-3)13-10-8-7-9-11-13/h5,7-11,14-16H,2,4,6,12H2,1,3H3. The van der Waals surface area contributed by atoms with Gasteiger partial charge in [0.1, 0.15) is 6.10 Å². The zero-order chi connectivity index (χ0) is 12.5. The number of hydrogen-bond acceptors (Lipinski definition) is 2. The zero-order valence-electron chi connectivity index (χ0n) is 10.9. The van der Waals surface area contributed by atoms with Crippen LogP contribution >= 0.6 is 0 Å². The Morgan fingerprint density at radius 2 is 2.00 bits per heavy atom. The molecule has 2 heteroatoms. The average Bonchev–Trinajstić information content (AvgIpc) is 2.39. The molecule has 0 bridgehead atoms. The van der Waals surface area contributed by atoms with Gasteiger partial charge >= 0.3 is 0 Å². The Labute approximate surface area is 105 Å². The van der Waals surface area contributed by atoms with Crippen LogP contribution in [0.25, 0.3) is 0 Å². The summed E-state index contributed by atoms with van der Waals surface area (Å²) < 4.78 is 5.84. The lowest BCUT2D eigenvalue weighted by Gasteiger charge is -2.26. The topological polar surface area (TPSA) is 21.3 Å². The van der Waals surface area contributed by atoms with Gasteiger partial charge in [0.2, 0.25) is 0 Å². The number of ether oxygens (including phenoxy) is 1. The highest BCUT2D eigenvalue weighted by molar-refractivity contribution is 5.20. The molecule has 1 aromatic carbocycles. The molecule has 0 fully saturated rings. The summed E-state index contributed by atoms with van der Waals surface area (Å²) >= 11 is 0. The van der Waals surface area contributed by atoms with E-state index in [0.29, 0.717) is 6.61 Å². The van der Waals surface area contributed by atoms with Gasteiger partial charge in [0.05, 0.1) is 6.04 Å². The lowest BCUT2D eigenvalue weighted by atomic mass is 10.0. The van der Waals surface area contributed by atoms with Crippen LogP contribution in [0.5, 0.6) is 0 Å². The van der Waals surface area contributed by atoms with Gasteiger partial charge in [-0.1, -0.05) is 43.3 Å². The quantitative estimate of drug-likeness (QED) is 0.695. The second-order valence-corrected chi connectivity index (χ2v) is 4.00. The van der Waals surface area contributed by atoms with Crippen LogP contribution in [0.4, 0.5) is 0 Å². The first-order valence-corrected chi connectivity index (χ1v) is 6.36. The van der Waals surface area contributed by atoms with E-state index in [9.17, 15) is 0 Å². The van der Waals surface area contributed by atoms with Crippen molar-refractivity contribution in [3.8, 4) is 0 Å². The van der Waals surface area contributed by atoms with Crippen molar-refractivity contribution in [3.05, 3.63) is 48.6 Å². The minimum atomic E-state index is 0.0465. The molecule has 0 aromatic heterocycles. The van der Waals surface area contributed by atoms with E-state index in [1.54, 1.807) is 0 Å². The lowest BCUT2D eigenvalue weighted by Crippen LogP contribution is -2.35. The van der Waals surface area contributed by atoms with E-state index >= 15 is 0 Å². The first-order chi connectivity index (χ1) is 8.33. The van der Waals surface area contributed by atoms with Crippen molar-refractivity contribution in [2.75, 3.05) is 13.2 Å². The molecule has 94 valence electrons. The average molecular weight is 233 g/mol. The van der Waals surface area contributed by atoms with Gasteiger partial charge in [-0.15, -0.1) is 6.58 Å². The van der Waals surface area contributed by atoms with E-state index in [2.05, 4.69) is 31.0 Å². The Kier molecular flexibility index (Phi) is 6.60. The highest BCUT2D eigenvalue weighted by atomic mass is 16.5. The van der Waals surface area contributed by atoms with Crippen molar-refractivity contribution >= 4 is 0 Å². The third kappa shape index (κ3) is 4.33. The highest BCUT2D eigenvalue weighted by Gasteiger charge is 2.19. The van der Waals surface area contributed by atoms with E-state index in [1.165, 1.54) is 5.56 Å². The van der Waals surface area contributed by atoms with Gasteiger partial charge in [-0.05, 0) is 25.5 Å². The molecule has 0 heterocycles. The van der Waals surface area contributed by atoms with Gasteiger partial charge < -0.3 is 10.1 Å². The first-order valence-electron chi connectivity index (χ1n) is 6.36. The van der Waals surface area contributed by atoms with E-state index in [4.69, 9.17) is 4.74 Å². The summed E-state index contributed by atoms with van der Waals surface area (Å²) in [5, 5.41) is 3.46. The number of hydrogen-bond donors (Lipinski definition) is 1. The van der Waals surface area contributed by atoms with Crippen molar-refractivity contribution in [2.24, 2.45) is 0 Å². The third-order valence-electron chi connectivity index (χ3n) is 2.68. The fraction of sp³-hybridized carbons (Fsp3) is 0.467. The van der Waals surface area contributed by atoms with Gasteiger partial charge in [0, 0.05) is 6.61 Å². The van der Waals surface area contributed by atoms with Crippen LogP contribution in [0.1, 0.15) is 31.9 Å². The second-order valence-electron chi connectivity index (χ2n) is 4.00. The van der Waals surface area contributed by atoms with Crippen LogP contribution in [-0.4, -0.2) is 19.2 Å². The van der Waals surface area contributed by atoms with Crippen LogP contribution in [0.3, 0.4) is 0 Å². The van der Waals surface area contributed by atoms with Crippen molar-refractivity contribution < 1.29 is 4.74 Å². The fourth-order valence-electron chi connectivity index (χ4n) is 1.85. The molecule has 0 aliphatic heterocycles. The molecule has 2 nitrogen and oxygen atoms in total. The van der Waals surface area contributed by atoms with E-state index in [1.807, 2.05) is 31.2 Å². The van der Waals surface area contributed by atoms with Gasteiger partial charge in [-0.2, -0.15) is 0 Å². The number of nitrogens with one attached hydrogen (secondary N) is 1. The predicted octanol–water partition coefficient (Wildman–Crippen LogP) is 3.32. The molecule has 0 aliphatic rings. The molecular formula is C15H23NO. The molecule has 0 amide bonds. The van der Waals surface area contributed by atoms with Gasteiger partial charge in [0.15, 0.2) is 0 Å². The van der Waals surface area contributed by atoms with Crippen molar-refractivity contribution in [1.82, 2.24) is 5.32 Å². The van der Waals surface area contributed by atoms with Crippen molar-refractivity contribution in [2.45, 2.75) is 32.4 Å². The molecule has 17 heavy (non-hydrogen) atoms. The van der Waals surface area contributed by atoms with Crippen LogP contribution in [0.2, 0.25) is 0 Å². The maximum absolute atomic E-state index is 5.84. The first kappa shape index (κ1) is 13.9. The molecule has 1 aromatic rings. The Morgan fingerprint density at radius 3 is 2.53 bits per heavy atom. The van der Waals surface area contributed by atoms with Gasteiger partial charge in [-0.25, -0.2) is 0 Å². The van der Waals surface area contributed by atoms with Crippen LogP contribution in [0, 0.1) is 0 Å². The van der Waals surface area contributed by atoms with E-state index < -0.39 is 0 Å². The van der Waals surface area contributed by atoms with E-state index in [-0.39, 0.29) is 12.1 Å². The maximum Gasteiger partial charge on any atom is 0.101 e. The summed E-state index contributed by atoms with van der Waals surface area (Å²) in [6.07, 6.45) is 3.09. The highest BCUT2D eigenvalue weighted by Crippen LogP contribution is 2.21. The summed E-state index contributed by atoms with van der Waals surface area (Å²) in [6, 6.07) is 10.5. The lowest BCUT2D eigenvalue weighted by molar-refractivity contribution is 0.0451. The normalized spacial score (nSPS) is 14.2. The second kappa shape index (κ2) is 8.04. The molecular weight excluding hydrogens is 210 g/mol. The minimum absolute atomic E-state index is 0.0465. The predicted molar refractivity (Wildman–Crippen MR) is 73.1 cm³/mol. The molecule has 0 saturated carbocycles. The number of rotatable bonds is 8. The summed E-state index contributed by atoms with van der Waals surface area (Å²) in [6.45, 7) is 9.77. The fourth-order valence-corrected chi connectivity index (χ4v) is 1.85. The largest absolute Gasteiger partial charge is 0.372 e. The van der Waals surface area contributed by atoms with E-state index in [0.717, 1.165) is 13.0 Å². The molecule has 0 spiro atoms. The van der Waals surface area contributed by atoms with Crippen LogP contribution in [-0.2, 0) is 4.74 Å². The minimum Gasteiger partial charge on any atom is -0.372 e. The van der Waals surface area contributed by atoms with Crippen LogP contribution in [0.15, 0.2) is 43.0 Å². The molecule has 2 unspecified atom stereocenters. The van der Waals surface area contributed by atoms with Crippen molar-refractivity contribution in [1.29, 1.82) is 0 Å². The molecule has 0 saturated heterocycles. The summed E-state index contributed by atoms with van der Waals surface area (Å²) in [5.74, 6) is 0. The molecule has 1 N–H and O–H groups in total. The summed E-state index contributed by atoms with van der Waals surface area (Å²) in [4.78, 5) is 0. The molecule has 1 rings (SSSR count). The zero-order valence-corrected chi connectivity index (χ0v) is 10.9. The van der Waals surface area contributed by atoms with Crippen LogP contribution < -0.4 is 5.32 Å². The molecule has 0 aliphatic carbocycles. The summed E-state index contributed by atoms with van der Waals surface area (Å²) in [7, 11) is 0. The van der Waals surface area contributed by atoms with Gasteiger partial charge in [0.25, 0.3) is 0 Å². The SMILES string of the molecule is C=CC(NCCC)C(OCC)c1ccccc1. The van der Waals surface area contributed by atoms with Crippen molar-refractivity contribution in [3.63, 3.8) is 0 Å². The Bertz CT molecular complexity index is 310. The Hall–Kier alpha value is -1.12. The molecule has 0 radical (unpaired) electrons. The Balaban J connectivity index is 2.79. The Morgan fingerprint density at radius 1 is 1.29 bits per heavy atom. The molecule has 2 atom stereocenters. The maximum atomic E-state index is 5.84.